The van der Waals surface area contributed by atoms with Gasteiger partial charge in [-0.05, 0) is 44.7 Å². The number of aromatic amines is 1. The summed E-state index contributed by atoms with van der Waals surface area (Å²) in [5, 5.41) is 10.7. The van der Waals surface area contributed by atoms with Gasteiger partial charge < -0.3 is 15.1 Å². The van der Waals surface area contributed by atoms with Crippen molar-refractivity contribution in [2.75, 3.05) is 39.3 Å². The van der Waals surface area contributed by atoms with Gasteiger partial charge in [-0.25, -0.2) is 0 Å². The molecule has 4 heterocycles. The molecule has 3 aliphatic heterocycles. The van der Waals surface area contributed by atoms with E-state index >= 15 is 0 Å². The number of hydrogen-bond donors (Lipinski definition) is 2. The van der Waals surface area contributed by atoms with Gasteiger partial charge in [0.1, 0.15) is 0 Å². The van der Waals surface area contributed by atoms with Crippen LogP contribution in [0.15, 0.2) is 0 Å². The Bertz CT molecular complexity index is 555. The zero-order valence-corrected chi connectivity index (χ0v) is 13.8. The van der Waals surface area contributed by atoms with Crippen LogP contribution in [0, 0.1) is 5.92 Å². The summed E-state index contributed by atoms with van der Waals surface area (Å²) in [5.41, 5.74) is 2.86. The minimum atomic E-state index is 0.117. The van der Waals surface area contributed by atoms with Crippen molar-refractivity contribution in [3.63, 3.8) is 0 Å². The molecule has 1 aromatic rings. The van der Waals surface area contributed by atoms with Crippen LogP contribution >= 0.6 is 0 Å². The van der Waals surface area contributed by atoms with E-state index in [1.165, 1.54) is 32.5 Å². The van der Waals surface area contributed by atoms with Crippen molar-refractivity contribution in [1.82, 2.24) is 25.3 Å². The number of carbonyl (C=O) groups is 1. The lowest BCUT2D eigenvalue weighted by atomic mass is 9.95. The van der Waals surface area contributed by atoms with Crippen molar-refractivity contribution in [3.8, 4) is 0 Å². The first-order chi connectivity index (χ1) is 11.3. The third-order valence-electron chi connectivity index (χ3n) is 5.63. The fraction of sp³-hybridized carbons (Fsp3) is 0.765. The summed E-state index contributed by atoms with van der Waals surface area (Å²) >= 11 is 0. The summed E-state index contributed by atoms with van der Waals surface area (Å²) in [6.07, 6.45) is 5.92. The zero-order valence-electron chi connectivity index (χ0n) is 13.8. The lowest BCUT2D eigenvalue weighted by Gasteiger charge is -2.33. The number of fused-ring (bicyclic) bond motifs is 1. The van der Waals surface area contributed by atoms with E-state index < -0.39 is 0 Å². The predicted molar refractivity (Wildman–Crippen MR) is 88.3 cm³/mol. The third-order valence-corrected chi connectivity index (χ3v) is 5.63. The van der Waals surface area contributed by atoms with Gasteiger partial charge in [-0.1, -0.05) is 0 Å². The molecule has 2 saturated heterocycles. The van der Waals surface area contributed by atoms with E-state index in [-0.39, 0.29) is 5.91 Å². The molecule has 126 valence electrons. The SMILES string of the molecule is O=C(c1n[nH]c2c1CNCC2)N1CCC(CN2CCCC2)CC1. The number of nitrogens with zero attached hydrogens (tertiary/aromatic N) is 3. The van der Waals surface area contributed by atoms with Crippen LogP contribution in [0.2, 0.25) is 0 Å². The van der Waals surface area contributed by atoms with Crippen molar-refractivity contribution in [1.29, 1.82) is 0 Å². The summed E-state index contributed by atoms with van der Waals surface area (Å²) in [5.74, 6) is 0.873. The van der Waals surface area contributed by atoms with Gasteiger partial charge in [0.2, 0.25) is 0 Å². The van der Waals surface area contributed by atoms with E-state index in [1.54, 1.807) is 0 Å². The Morgan fingerprint density at radius 1 is 1.17 bits per heavy atom. The highest BCUT2D eigenvalue weighted by atomic mass is 16.2. The average Bonchev–Trinajstić information content (AvgIpc) is 3.24. The van der Waals surface area contributed by atoms with Crippen molar-refractivity contribution in [2.24, 2.45) is 5.92 Å². The summed E-state index contributed by atoms with van der Waals surface area (Å²) in [4.78, 5) is 17.4. The number of rotatable bonds is 3. The summed E-state index contributed by atoms with van der Waals surface area (Å²) < 4.78 is 0. The first kappa shape index (κ1) is 15.1. The molecule has 2 N–H and O–H groups in total. The van der Waals surface area contributed by atoms with Crippen LogP contribution in [0.5, 0.6) is 0 Å². The normalized spacial score (nSPS) is 23.2. The van der Waals surface area contributed by atoms with Crippen LogP contribution in [-0.4, -0.2) is 65.2 Å². The van der Waals surface area contributed by atoms with Crippen LogP contribution in [0.25, 0.3) is 0 Å². The Hall–Kier alpha value is -1.40. The number of H-pyrrole nitrogens is 1. The highest BCUT2D eigenvalue weighted by molar-refractivity contribution is 5.94. The van der Waals surface area contributed by atoms with Crippen molar-refractivity contribution in [3.05, 3.63) is 17.0 Å². The van der Waals surface area contributed by atoms with Crippen LogP contribution in [0.4, 0.5) is 0 Å². The molecule has 1 aromatic heterocycles. The molecule has 0 spiro atoms. The minimum absolute atomic E-state index is 0.117. The second-order valence-electron chi connectivity index (χ2n) is 7.20. The van der Waals surface area contributed by atoms with Gasteiger partial charge in [0.15, 0.2) is 5.69 Å². The molecule has 0 aromatic carbocycles. The Kier molecular flexibility index (Phi) is 4.35. The second kappa shape index (κ2) is 6.61. The van der Waals surface area contributed by atoms with Crippen LogP contribution < -0.4 is 5.32 Å². The largest absolute Gasteiger partial charge is 0.337 e. The molecular weight excluding hydrogens is 290 g/mol. The van der Waals surface area contributed by atoms with Crippen LogP contribution in [0.1, 0.15) is 47.4 Å². The minimum Gasteiger partial charge on any atom is -0.337 e. The molecule has 0 atom stereocenters. The van der Waals surface area contributed by atoms with E-state index in [9.17, 15) is 4.79 Å². The number of piperidine rings is 1. The smallest absolute Gasteiger partial charge is 0.274 e. The van der Waals surface area contributed by atoms with Crippen molar-refractivity contribution >= 4 is 5.91 Å². The summed E-state index contributed by atoms with van der Waals surface area (Å²) in [7, 11) is 0. The Morgan fingerprint density at radius 3 is 2.74 bits per heavy atom. The topological polar surface area (TPSA) is 64.3 Å². The lowest BCUT2D eigenvalue weighted by Crippen LogP contribution is -2.41. The standard InChI is InChI=1S/C17H27N5O/c23-17(16-14-11-18-6-3-15(14)19-20-16)22-9-4-13(5-10-22)12-21-7-1-2-8-21/h13,18H,1-12H2,(H,19,20). The van der Waals surface area contributed by atoms with E-state index in [0.717, 1.165) is 62.6 Å². The van der Waals surface area contributed by atoms with E-state index in [0.29, 0.717) is 5.69 Å². The predicted octanol–water partition coefficient (Wildman–Crippen LogP) is 1.00. The van der Waals surface area contributed by atoms with Gasteiger partial charge >= 0.3 is 0 Å². The highest BCUT2D eigenvalue weighted by Crippen LogP contribution is 2.23. The molecule has 3 aliphatic rings. The van der Waals surface area contributed by atoms with Crippen LogP contribution in [-0.2, 0) is 13.0 Å². The Morgan fingerprint density at radius 2 is 1.96 bits per heavy atom. The maximum Gasteiger partial charge on any atom is 0.274 e. The average molecular weight is 317 g/mol. The van der Waals surface area contributed by atoms with E-state index in [1.807, 2.05) is 4.90 Å². The van der Waals surface area contributed by atoms with Crippen molar-refractivity contribution < 1.29 is 4.79 Å². The van der Waals surface area contributed by atoms with Gasteiger partial charge in [-0.15, -0.1) is 0 Å². The quantitative estimate of drug-likeness (QED) is 0.873. The molecule has 0 bridgehead atoms. The van der Waals surface area contributed by atoms with Crippen molar-refractivity contribution in [2.45, 2.75) is 38.6 Å². The molecule has 2 fully saturated rings. The maximum atomic E-state index is 12.8. The Labute approximate surface area is 137 Å². The number of carbonyl (C=O) groups excluding carboxylic acids is 1. The number of likely N-dealkylation sites (tertiary alicyclic amines) is 2. The maximum absolute atomic E-state index is 12.8. The molecule has 6 heteroatoms. The summed E-state index contributed by atoms with van der Waals surface area (Å²) in [6.45, 7) is 7.25. The van der Waals surface area contributed by atoms with Gasteiger partial charge in [0.25, 0.3) is 5.91 Å². The molecular formula is C17H27N5O. The number of aromatic nitrogens is 2. The van der Waals surface area contributed by atoms with Crippen LogP contribution in [0.3, 0.4) is 0 Å². The first-order valence-corrected chi connectivity index (χ1v) is 9.10. The molecule has 0 radical (unpaired) electrons. The molecule has 4 rings (SSSR count). The molecule has 0 saturated carbocycles. The monoisotopic (exact) mass is 317 g/mol. The lowest BCUT2D eigenvalue weighted by molar-refractivity contribution is 0.0665. The fourth-order valence-electron chi connectivity index (χ4n) is 4.20. The van der Waals surface area contributed by atoms with Gasteiger partial charge in [0, 0.05) is 50.4 Å². The molecule has 0 unspecified atom stereocenters. The number of nitrogens with one attached hydrogen (secondary N) is 2. The summed E-state index contributed by atoms with van der Waals surface area (Å²) in [6, 6.07) is 0. The van der Waals surface area contributed by atoms with Gasteiger partial charge in [-0.2, -0.15) is 5.10 Å². The highest BCUT2D eigenvalue weighted by Gasteiger charge is 2.29. The molecule has 23 heavy (non-hydrogen) atoms. The molecule has 1 amide bonds. The van der Waals surface area contributed by atoms with Gasteiger partial charge in [0.05, 0.1) is 0 Å². The number of hydrogen-bond acceptors (Lipinski definition) is 4. The first-order valence-electron chi connectivity index (χ1n) is 9.10. The van der Waals surface area contributed by atoms with Gasteiger partial charge in [-0.3, -0.25) is 9.89 Å². The molecule has 6 nitrogen and oxygen atoms in total. The zero-order chi connectivity index (χ0) is 15.6. The number of amides is 1. The van der Waals surface area contributed by atoms with E-state index in [4.69, 9.17) is 0 Å². The molecule has 0 aliphatic carbocycles. The second-order valence-corrected chi connectivity index (χ2v) is 7.20. The fourth-order valence-corrected chi connectivity index (χ4v) is 4.20. The van der Waals surface area contributed by atoms with E-state index in [2.05, 4.69) is 20.4 Å². The Balaban J connectivity index is 1.34. The third kappa shape index (κ3) is 3.15.